The zero-order chi connectivity index (χ0) is 16.9. The molecule has 2 N–H and O–H groups in total. The van der Waals surface area contributed by atoms with Gasteiger partial charge in [0.25, 0.3) is 0 Å². The topological polar surface area (TPSA) is 49.3 Å². The molecule has 1 aromatic heterocycles. The summed E-state index contributed by atoms with van der Waals surface area (Å²) in [5, 5.41) is 6.42. The third-order valence-electron chi connectivity index (χ3n) is 4.11. The number of halogens is 3. The van der Waals surface area contributed by atoms with Gasteiger partial charge < -0.3 is 10.6 Å². The molecule has 0 saturated heterocycles. The average molecular weight is 458 g/mol. The molecule has 1 aliphatic carbocycles. The highest BCUT2D eigenvalue weighted by atomic mass is 127. The molecule has 1 saturated carbocycles. The molecule has 2 aromatic rings. The van der Waals surface area contributed by atoms with Crippen molar-refractivity contribution < 1.29 is 8.78 Å². The van der Waals surface area contributed by atoms with Crippen molar-refractivity contribution >= 4 is 29.9 Å². The van der Waals surface area contributed by atoms with E-state index in [1.54, 1.807) is 13.2 Å². The van der Waals surface area contributed by atoms with Gasteiger partial charge in [-0.05, 0) is 30.7 Å². The summed E-state index contributed by atoms with van der Waals surface area (Å²) in [5.74, 6) is -0.486. The van der Waals surface area contributed by atoms with Crippen LogP contribution in [0, 0.1) is 11.6 Å². The molecule has 0 amide bonds. The second kappa shape index (κ2) is 9.07. The Morgan fingerprint density at radius 3 is 2.60 bits per heavy atom. The van der Waals surface area contributed by atoms with Crippen LogP contribution < -0.4 is 10.6 Å². The highest BCUT2D eigenvalue weighted by Crippen LogP contribution is 2.42. The summed E-state index contributed by atoms with van der Waals surface area (Å²) in [6.07, 6.45) is 3.23. The van der Waals surface area contributed by atoms with Crippen LogP contribution in [0.5, 0.6) is 0 Å². The highest BCUT2D eigenvalue weighted by Gasteiger charge is 2.42. The summed E-state index contributed by atoms with van der Waals surface area (Å²) in [6.45, 7) is 0.683. The fourth-order valence-corrected chi connectivity index (χ4v) is 2.76. The summed E-state index contributed by atoms with van der Waals surface area (Å²) in [7, 11) is 1.68. The van der Waals surface area contributed by atoms with Gasteiger partial charge >= 0.3 is 0 Å². The largest absolute Gasteiger partial charge is 0.356 e. The van der Waals surface area contributed by atoms with E-state index in [0.717, 1.165) is 12.1 Å². The maximum atomic E-state index is 13.8. The molecule has 0 radical (unpaired) electrons. The van der Waals surface area contributed by atoms with Gasteiger partial charge in [-0.15, -0.1) is 24.0 Å². The lowest BCUT2D eigenvalue weighted by atomic mass is 10.1. The Labute approximate surface area is 163 Å². The van der Waals surface area contributed by atoms with Crippen LogP contribution in [0.25, 0.3) is 0 Å². The van der Waals surface area contributed by atoms with Crippen molar-refractivity contribution in [3.05, 3.63) is 65.5 Å². The molecule has 1 heterocycles. The molecule has 0 spiro atoms. The molecule has 7 heteroatoms. The summed E-state index contributed by atoms with van der Waals surface area (Å²) in [6, 6.07) is 9.78. The number of aromatic nitrogens is 1. The van der Waals surface area contributed by atoms with E-state index in [0.29, 0.717) is 18.9 Å². The number of hydrogen-bond donors (Lipinski definition) is 2. The number of benzene rings is 1. The predicted octanol–water partition coefficient (Wildman–Crippen LogP) is 3.24. The molecule has 25 heavy (non-hydrogen) atoms. The number of rotatable bonds is 5. The molecule has 134 valence electrons. The smallest absolute Gasteiger partial charge is 0.191 e. The quantitative estimate of drug-likeness (QED) is 0.411. The monoisotopic (exact) mass is 458 g/mol. The van der Waals surface area contributed by atoms with E-state index >= 15 is 0 Å². The second-order valence-electron chi connectivity index (χ2n) is 5.80. The van der Waals surface area contributed by atoms with Gasteiger partial charge in [-0.1, -0.05) is 12.1 Å². The van der Waals surface area contributed by atoms with E-state index in [1.807, 2.05) is 18.2 Å². The van der Waals surface area contributed by atoms with Crippen molar-refractivity contribution in [3.63, 3.8) is 0 Å². The van der Waals surface area contributed by atoms with Gasteiger partial charge in [0.1, 0.15) is 11.6 Å². The first-order valence-electron chi connectivity index (χ1n) is 8.00. The molecule has 2 atom stereocenters. The summed E-state index contributed by atoms with van der Waals surface area (Å²) >= 11 is 0. The summed E-state index contributed by atoms with van der Waals surface area (Å²) in [5.41, 5.74) is 1.16. The number of pyridine rings is 1. The third-order valence-corrected chi connectivity index (χ3v) is 4.11. The average Bonchev–Trinajstić information content (AvgIpc) is 3.33. The molecule has 1 fully saturated rings. The van der Waals surface area contributed by atoms with Crippen LogP contribution in [-0.4, -0.2) is 30.6 Å². The fraction of sp³-hybridized carbons (Fsp3) is 0.333. The van der Waals surface area contributed by atoms with E-state index in [9.17, 15) is 8.78 Å². The van der Waals surface area contributed by atoms with E-state index < -0.39 is 11.6 Å². The van der Waals surface area contributed by atoms with Crippen molar-refractivity contribution in [2.75, 3.05) is 13.6 Å². The first kappa shape index (κ1) is 19.6. The Bertz CT molecular complexity index is 704. The Morgan fingerprint density at radius 1 is 1.20 bits per heavy atom. The Balaban J connectivity index is 0.00000225. The summed E-state index contributed by atoms with van der Waals surface area (Å²) < 4.78 is 27.6. The van der Waals surface area contributed by atoms with Crippen LogP contribution in [-0.2, 0) is 6.42 Å². The maximum absolute atomic E-state index is 13.8. The van der Waals surface area contributed by atoms with Gasteiger partial charge in [-0.25, -0.2) is 8.78 Å². The minimum absolute atomic E-state index is 0. The Morgan fingerprint density at radius 2 is 1.96 bits per heavy atom. The number of hydrogen-bond acceptors (Lipinski definition) is 2. The van der Waals surface area contributed by atoms with Crippen molar-refractivity contribution in [1.29, 1.82) is 0 Å². The van der Waals surface area contributed by atoms with Crippen molar-refractivity contribution in [2.45, 2.75) is 24.8 Å². The fourth-order valence-electron chi connectivity index (χ4n) is 2.76. The van der Waals surface area contributed by atoms with Crippen LogP contribution in [0.3, 0.4) is 0 Å². The zero-order valence-electron chi connectivity index (χ0n) is 13.9. The van der Waals surface area contributed by atoms with E-state index in [4.69, 9.17) is 0 Å². The van der Waals surface area contributed by atoms with Gasteiger partial charge in [0.2, 0.25) is 0 Å². The Kier molecular flexibility index (Phi) is 7.10. The molecule has 0 aliphatic heterocycles. The lowest BCUT2D eigenvalue weighted by Crippen LogP contribution is -2.40. The molecule has 3 rings (SSSR count). The van der Waals surface area contributed by atoms with E-state index in [2.05, 4.69) is 20.6 Å². The standard InChI is InChI=1S/C18H20F2N4.HI/c1-21-18(23-10-8-12-5-2-3-9-22-12)24-16-11-13(16)17-14(19)6-4-7-15(17)20;/h2-7,9,13,16H,8,10-11H2,1H3,(H2,21,23,24);1H. The van der Waals surface area contributed by atoms with E-state index in [-0.39, 0.29) is 41.5 Å². The number of guanidine groups is 1. The van der Waals surface area contributed by atoms with Crippen molar-refractivity contribution in [1.82, 2.24) is 15.6 Å². The minimum Gasteiger partial charge on any atom is -0.356 e. The van der Waals surface area contributed by atoms with Crippen molar-refractivity contribution in [3.8, 4) is 0 Å². The van der Waals surface area contributed by atoms with Gasteiger partial charge in [0.05, 0.1) is 0 Å². The molecule has 2 unspecified atom stereocenters. The van der Waals surface area contributed by atoms with Gasteiger partial charge in [-0.2, -0.15) is 0 Å². The van der Waals surface area contributed by atoms with Gasteiger partial charge in [0, 0.05) is 49.4 Å². The van der Waals surface area contributed by atoms with E-state index in [1.165, 1.54) is 18.2 Å². The SMILES string of the molecule is CN=C(NCCc1ccccn1)NC1CC1c1c(F)cccc1F.I. The van der Waals surface area contributed by atoms with Crippen molar-refractivity contribution in [2.24, 2.45) is 4.99 Å². The number of aliphatic imine (C=N–C) groups is 1. The first-order valence-corrected chi connectivity index (χ1v) is 8.00. The van der Waals surface area contributed by atoms with Crippen LogP contribution >= 0.6 is 24.0 Å². The lowest BCUT2D eigenvalue weighted by Gasteiger charge is -2.12. The maximum Gasteiger partial charge on any atom is 0.191 e. The zero-order valence-corrected chi connectivity index (χ0v) is 16.2. The third kappa shape index (κ3) is 5.10. The first-order chi connectivity index (χ1) is 11.7. The molecular weight excluding hydrogens is 437 g/mol. The lowest BCUT2D eigenvalue weighted by molar-refractivity contribution is 0.553. The van der Waals surface area contributed by atoms with Crippen LogP contribution in [0.2, 0.25) is 0 Å². The second-order valence-corrected chi connectivity index (χ2v) is 5.80. The molecule has 1 aliphatic rings. The predicted molar refractivity (Wildman–Crippen MR) is 105 cm³/mol. The summed E-state index contributed by atoms with van der Waals surface area (Å²) in [4.78, 5) is 8.42. The van der Waals surface area contributed by atoms with Crippen LogP contribution in [0.1, 0.15) is 23.6 Å². The molecule has 1 aromatic carbocycles. The van der Waals surface area contributed by atoms with Crippen LogP contribution in [0.15, 0.2) is 47.6 Å². The molecular formula is C18H21F2IN4. The van der Waals surface area contributed by atoms with Crippen LogP contribution in [0.4, 0.5) is 8.78 Å². The number of nitrogens with zero attached hydrogens (tertiary/aromatic N) is 2. The molecule has 0 bridgehead atoms. The van der Waals surface area contributed by atoms with Gasteiger partial charge in [0.15, 0.2) is 5.96 Å². The van der Waals surface area contributed by atoms with Gasteiger partial charge in [-0.3, -0.25) is 9.98 Å². The minimum atomic E-state index is -0.484. The molecule has 4 nitrogen and oxygen atoms in total. The normalized spacial score (nSPS) is 19.1. The number of nitrogens with one attached hydrogen (secondary N) is 2. The Hall–Kier alpha value is -1.77. The highest BCUT2D eigenvalue weighted by molar-refractivity contribution is 14.0.